The fourth-order valence-electron chi connectivity index (χ4n) is 1.29. The van der Waals surface area contributed by atoms with Crippen LogP contribution in [0.25, 0.3) is 0 Å². The van der Waals surface area contributed by atoms with E-state index in [1.807, 2.05) is 0 Å². The largest absolute Gasteiger partial charge is 0.242 e. The average molecular weight is 262 g/mol. The Morgan fingerprint density at radius 3 is 2.25 bits per heavy atom. The quantitative estimate of drug-likeness (QED) is 0.762. The first-order valence-corrected chi connectivity index (χ1v) is 7.11. The van der Waals surface area contributed by atoms with Gasteiger partial charge in [-0.15, -0.1) is 11.6 Å². The summed E-state index contributed by atoms with van der Waals surface area (Å²) in [5, 5.41) is 0. The maximum Gasteiger partial charge on any atom is 0.242 e. The zero-order chi connectivity index (χ0) is 12.2. The molecule has 0 aliphatic carbocycles. The van der Waals surface area contributed by atoms with E-state index in [-0.39, 0.29) is 0 Å². The van der Waals surface area contributed by atoms with Crippen LogP contribution in [-0.4, -0.2) is 32.2 Å². The third-order valence-corrected chi connectivity index (χ3v) is 4.60. The van der Waals surface area contributed by atoms with Crippen LogP contribution >= 0.6 is 11.6 Å². The minimum atomic E-state index is -3.32. The van der Waals surface area contributed by atoms with Crippen LogP contribution in [0.2, 0.25) is 0 Å². The molecule has 0 aliphatic rings. The first-order valence-electron chi connectivity index (χ1n) is 5.13. The molecule has 0 unspecified atom stereocenters. The van der Waals surface area contributed by atoms with E-state index in [1.165, 1.54) is 4.31 Å². The van der Waals surface area contributed by atoms with Gasteiger partial charge in [0.15, 0.2) is 0 Å². The molecule has 3 nitrogen and oxygen atoms in total. The van der Waals surface area contributed by atoms with E-state index in [0.717, 1.165) is 12.0 Å². The third-order valence-electron chi connectivity index (χ3n) is 2.46. The highest BCUT2D eigenvalue weighted by atomic mass is 35.5. The summed E-state index contributed by atoms with van der Waals surface area (Å²) in [4.78, 5) is 0.329. The monoisotopic (exact) mass is 261 g/mol. The Hall–Kier alpha value is -0.580. The van der Waals surface area contributed by atoms with Crippen LogP contribution in [0.3, 0.4) is 0 Å². The molecule has 1 rings (SSSR count). The minimum Gasteiger partial charge on any atom is -0.207 e. The molecule has 1 aromatic rings. The summed E-state index contributed by atoms with van der Waals surface area (Å²) in [6, 6.07) is 6.87. The van der Waals surface area contributed by atoms with Gasteiger partial charge in [-0.25, -0.2) is 12.7 Å². The van der Waals surface area contributed by atoms with Crippen molar-refractivity contribution in [3.05, 3.63) is 29.8 Å². The SMILES string of the molecule is CCN(C)S(=O)(=O)c1ccc(CCCl)cc1. The number of alkyl halides is 1. The maximum absolute atomic E-state index is 11.9. The van der Waals surface area contributed by atoms with Crippen LogP contribution < -0.4 is 0 Å². The average Bonchev–Trinajstić information content (AvgIpc) is 2.29. The van der Waals surface area contributed by atoms with E-state index in [9.17, 15) is 8.42 Å². The molecule has 1 aromatic carbocycles. The molecule has 16 heavy (non-hydrogen) atoms. The number of sulfonamides is 1. The van der Waals surface area contributed by atoms with Gasteiger partial charge in [-0.3, -0.25) is 0 Å². The first-order chi connectivity index (χ1) is 7.52. The third kappa shape index (κ3) is 2.97. The highest BCUT2D eigenvalue weighted by Crippen LogP contribution is 2.15. The molecule has 0 amide bonds. The van der Waals surface area contributed by atoms with Crippen molar-refractivity contribution in [2.24, 2.45) is 0 Å². The molecule has 0 N–H and O–H groups in total. The van der Waals surface area contributed by atoms with E-state index >= 15 is 0 Å². The van der Waals surface area contributed by atoms with Gasteiger partial charge >= 0.3 is 0 Å². The van der Waals surface area contributed by atoms with Crippen molar-refractivity contribution in [3.63, 3.8) is 0 Å². The topological polar surface area (TPSA) is 37.4 Å². The Morgan fingerprint density at radius 2 is 1.81 bits per heavy atom. The van der Waals surface area contributed by atoms with E-state index in [4.69, 9.17) is 11.6 Å². The fourth-order valence-corrected chi connectivity index (χ4v) is 2.69. The van der Waals surface area contributed by atoms with Crippen LogP contribution in [-0.2, 0) is 16.4 Å². The zero-order valence-electron chi connectivity index (χ0n) is 9.48. The standard InChI is InChI=1S/C11H16ClNO2S/c1-3-13(2)16(14,15)11-6-4-10(5-7-11)8-9-12/h4-7H,3,8-9H2,1-2H3. The lowest BCUT2D eigenvalue weighted by molar-refractivity contribution is 0.486. The van der Waals surface area contributed by atoms with Gasteiger partial charge in [0.1, 0.15) is 0 Å². The molecule has 0 atom stereocenters. The Labute approximate surface area is 102 Å². The number of hydrogen-bond donors (Lipinski definition) is 0. The highest BCUT2D eigenvalue weighted by molar-refractivity contribution is 7.89. The molecule has 5 heteroatoms. The molecule has 0 aromatic heterocycles. The van der Waals surface area contributed by atoms with Crippen molar-refractivity contribution in [2.75, 3.05) is 19.5 Å². The van der Waals surface area contributed by atoms with Crippen LogP contribution in [0.4, 0.5) is 0 Å². The van der Waals surface area contributed by atoms with Gasteiger partial charge in [0.25, 0.3) is 0 Å². The summed E-state index contributed by atoms with van der Waals surface area (Å²) in [6.07, 6.45) is 0.755. The number of benzene rings is 1. The van der Waals surface area contributed by atoms with Gasteiger partial charge in [-0.1, -0.05) is 19.1 Å². The normalized spacial score (nSPS) is 12.0. The van der Waals surface area contributed by atoms with Crippen LogP contribution in [0.1, 0.15) is 12.5 Å². The predicted molar refractivity (Wildman–Crippen MR) is 66.4 cm³/mol. The maximum atomic E-state index is 11.9. The molecule has 90 valence electrons. The number of nitrogens with zero attached hydrogens (tertiary/aromatic N) is 1. The van der Waals surface area contributed by atoms with Crippen molar-refractivity contribution in [2.45, 2.75) is 18.2 Å². The molecule has 0 fully saturated rings. The van der Waals surface area contributed by atoms with Gasteiger partial charge < -0.3 is 0 Å². The Morgan fingerprint density at radius 1 is 1.25 bits per heavy atom. The summed E-state index contributed by atoms with van der Waals surface area (Å²) in [5.74, 6) is 0.543. The van der Waals surface area contributed by atoms with Crippen LogP contribution in [0, 0.1) is 0 Å². The molecule has 0 radical (unpaired) electrons. The minimum absolute atomic E-state index is 0.329. The first kappa shape index (κ1) is 13.5. The summed E-state index contributed by atoms with van der Waals surface area (Å²) < 4.78 is 25.2. The molecule has 0 saturated carbocycles. The van der Waals surface area contributed by atoms with Gasteiger partial charge in [-0.2, -0.15) is 0 Å². The van der Waals surface area contributed by atoms with Gasteiger partial charge in [0.2, 0.25) is 10.0 Å². The Balaban J connectivity index is 2.97. The van der Waals surface area contributed by atoms with Gasteiger partial charge in [0.05, 0.1) is 4.90 Å². The summed E-state index contributed by atoms with van der Waals surface area (Å²) in [5.41, 5.74) is 1.05. The molecule has 0 saturated heterocycles. The molecule has 0 aliphatic heterocycles. The predicted octanol–water partition coefficient (Wildman–Crippen LogP) is 2.11. The lowest BCUT2D eigenvalue weighted by atomic mass is 10.2. The number of hydrogen-bond acceptors (Lipinski definition) is 2. The van der Waals surface area contributed by atoms with Crippen molar-refractivity contribution >= 4 is 21.6 Å². The fraction of sp³-hybridized carbons (Fsp3) is 0.455. The number of halogens is 1. The zero-order valence-corrected chi connectivity index (χ0v) is 11.1. The second kappa shape index (κ2) is 5.66. The number of aryl methyl sites for hydroxylation is 1. The van der Waals surface area contributed by atoms with Crippen LogP contribution in [0.5, 0.6) is 0 Å². The molecule has 0 heterocycles. The van der Waals surface area contributed by atoms with Gasteiger partial charge in [0, 0.05) is 19.5 Å². The second-order valence-corrected chi connectivity index (χ2v) is 5.92. The molecular weight excluding hydrogens is 246 g/mol. The van der Waals surface area contributed by atoms with E-state index in [1.54, 1.807) is 38.2 Å². The van der Waals surface area contributed by atoms with Crippen molar-refractivity contribution in [1.82, 2.24) is 4.31 Å². The highest BCUT2D eigenvalue weighted by Gasteiger charge is 2.18. The smallest absolute Gasteiger partial charge is 0.207 e. The summed E-state index contributed by atoms with van der Waals surface area (Å²) >= 11 is 5.61. The van der Waals surface area contributed by atoms with E-state index < -0.39 is 10.0 Å². The molecule has 0 bridgehead atoms. The van der Waals surface area contributed by atoms with Crippen LogP contribution in [0.15, 0.2) is 29.2 Å². The Bertz CT molecular complexity index is 428. The summed E-state index contributed by atoms with van der Waals surface area (Å²) in [7, 11) is -1.75. The lowest BCUT2D eigenvalue weighted by Crippen LogP contribution is -2.26. The van der Waals surface area contributed by atoms with Crippen molar-refractivity contribution in [1.29, 1.82) is 0 Å². The van der Waals surface area contributed by atoms with E-state index in [0.29, 0.717) is 17.3 Å². The van der Waals surface area contributed by atoms with E-state index in [2.05, 4.69) is 0 Å². The van der Waals surface area contributed by atoms with Gasteiger partial charge in [-0.05, 0) is 24.1 Å². The Kier molecular flexibility index (Phi) is 4.77. The van der Waals surface area contributed by atoms with Crippen molar-refractivity contribution in [3.8, 4) is 0 Å². The lowest BCUT2D eigenvalue weighted by Gasteiger charge is -2.14. The number of rotatable bonds is 5. The molecular formula is C11H16ClNO2S. The molecule has 0 spiro atoms. The van der Waals surface area contributed by atoms with Crippen molar-refractivity contribution < 1.29 is 8.42 Å². The summed E-state index contributed by atoms with van der Waals surface area (Å²) in [6.45, 7) is 2.27. The second-order valence-electron chi connectivity index (χ2n) is 3.50.